The molecule has 0 aliphatic heterocycles. The van der Waals surface area contributed by atoms with Crippen molar-refractivity contribution in [1.29, 1.82) is 0 Å². The lowest BCUT2D eigenvalue weighted by Crippen LogP contribution is -2.41. The fraction of sp³-hybridized carbons (Fsp3) is 0.167. The lowest BCUT2D eigenvalue weighted by atomic mass is 9.77. The molecule has 9 heteroatoms. The van der Waals surface area contributed by atoms with Crippen molar-refractivity contribution in [3.05, 3.63) is 58.4 Å². The minimum absolute atomic E-state index is 0.0203. The maximum atomic E-state index is 12.6. The van der Waals surface area contributed by atoms with Crippen LogP contribution in [0.1, 0.15) is 40.5 Å². The predicted molar refractivity (Wildman–Crippen MR) is 101 cm³/mol. The maximum absolute atomic E-state index is 12.6. The fourth-order valence-corrected chi connectivity index (χ4v) is 2.80. The molecule has 0 aliphatic carbocycles. The molecule has 3 aromatic rings. The summed E-state index contributed by atoms with van der Waals surface area (Å²) in [4.78, 5) is 28.1. The van der Waals surface area contributed by atoms with E-state index in [0.717, 1.165) is 0 Å². The van der Waals surface area contributed by atoms with Gasteiger partial charge in [0.2, 0.25) is 5.89 Å². The Morgan fingerprint density at radius 3 is 2.67 bits per heavy atom. The monoisotopic (exact) mass is 386 g/mol. The molecule has 0 atom stereocenters. The fourth-order valence-electron chi connectivity index (χ4n) is 2.63. The predicted octanol–water partition coefficient (Wildman–Crippen LogP) is 1.64. The molecular weight excluding hydrogens is 370 g/mol. The van der Waals surface area contributed by atoms with E-state index >= 15 is 0 Å². The van der Waals surface area contributed by atoms with Crippen LogP contribution in [0.2, 0.25) is 5.02 Å². The number of nitrogens with one attached hydrogen (secondary N) is 1. The maximum Gasteiger partial charge on any atom is 0.489 e. The zero-order valence-corrected chi connectivity index (χ0v) is 15.3. The second kappa shape index (κ2) is 7.15. The third kappa shape index (κ3) is 3.87. The molecule has 27 heavy (non-hydrogen) atoms. The van der Waals surface area contributed by atoms with Crippen molar-refractivity contribution in [2.75, 3.05) is 0 Å². The van der Waals surface area contributed by atoms with Crippen LogP contribution in [0.25, 0.3) is 11.1 Å². The molecule has 0 saturated heterocycles. The molecule has 2 aromatic carbocycles. The average Bonchev–Trinajstić information content (AvgIpc) is 3.04. The van der Waals surface area contributed by atoms with Gasteiger partial charge in [-0.15, -0.1) is 0 Å². The van der Waals surface area contributed by atoms with E-state index in [4.69, 9.17) is 16.0 Å². The lowest BCUT2D eigenvalue weighted by molar-refractivity contribution is 0.0899. The minimum atomic E-state index is -1.80. The van der Waals surface area contributed by atoms with Crippen LogP contribution in [0, 0.1) is 0 Å². The summed E-state index contributed by atoms with van der Waals surface area (Å²) >= 11 is 5.95. The molecular formula is C18H16BClN2O5. The van der Waals surface area contributed by atoms with Gasteiger partial charge in [-0.25, -0.2) is 4.98 Å². The van der Waals surface area contributed by atoms with E-state index in [1.54, 1.807) is 32.0 Å². The summed E-state index contributed by atoms with van der Waals surface area (Å²) in [6.45, 7) is 3.45. The minimum Gasteiger partial charge on any atom is -0.438 e. The lowest BCUT2D eigenvalue weighted by Gasteiger charge is -2.22. The summed E-state index contributed by atoms with van der Waals surface area (Å²) in [7, 11) is -1.80. The van der Waals surface area contributed by atoms with Gasteiger partial charge >= 0.3 is 7.12 Å². The number of halogens is 1. The molecule has 0 saturated carbocycles. The van der Waals surface area contributed by atoms with Gasteiger partial charge in [-0.05, 0) is 49.6 Å². The van der Waals surface area contributed by atoms with Crippen LogP contribution in [0.15, 0.2) is 40.8 Å². The number of benzene rings is 2. The van der Waals surface area contributed by atoms with Gasteiger partial charge in [0.15, 0.2) is 5.58 Å². The number of carbonyl (C=O) groups is 2. The van der Waals surface area contributed by atoms with E-state index in [1.807, 2.05) is 0 Å². The van der Waals surface area contributed by atoms with Crippen molar-refractivity contribution in [1.82, 2.24) is 10.3 Å². The third-order valence-electron chi connectivity index (χ3n) is 4.06. The van der Waals surface area contributed by atoms with Crippen LogP contribution >= 0.6 is 11.6 Å². The van der Waals surface area contributed by atoms with Crippen molar-refractivity contribution in [2.45, 2.75) is 19.4 Å². The Morgan fingerprint density at radius 2 is 2.00 bits per heavy atom. The van der Waals surface area contributed by atoms with E-state index in [9.17, 15) is 19.6 Å². The first kappa shape index (κ1) is 19.1. The molecule has 138 valence electrons. The average molecular weight is 387 g/mol. The van der Waals surface area contributed by atoms with E-state index in [2.05, 4.69) is 10.3 Å². The highest BCUT2D eigenvalue weighted by atomic mass is 35.5. The molecule has 1 aromatic heterocycles. The number of aromatic nitrogens is 1. The molecule has 3 rings (SSSR count). The standard InChI is InChI=1S/C18H16BClN2O5/c1-18(2,17-21-14-8-12(20)4-6-15(14)27-17)22-16(24)10-3-5-13(19(25)26)11(7-10)9-23/h3-9,25-26H,1-2H3,(H,22,24). The first-order valence-corrected chi connectivity index (χ1v) is 8.43. The zero-order chi connectivity index (χ0) is 19.8. The third-order valence-corrected chi connectivity index (χ3v) is 4.30. The molecule has 1 heterocycles. The summed E-state index contributed by atoms with van der Waals surface area (Å²) in [5, 5.41) is 21.8. The Labute approximate surface area is 160 Å². The second-order valence-electron chi connectivity index (χ2n) is 6.55. The van der Waals surface area contributed by atoms with Gasteiger partial charge in [-0.2, -0.15) is 0 Å². The van der Waals surface area contributed by atoms with Gasteiger partial charge in [0.1, 0.15) is 17.3 Å². The van der Waals surface area contributed by atoms with Crippen LogP contribution in [0.4, 0.5) is 0 Å². The topological polar surface area (TPSA) is 113 Å². The van der Waals surface area contributed by atoms with Gasteiger partial charge in [-0.3, -0.25) is 9.59 Å². The smallest absolute Gasteiger partial charge is 0.438 e. The summed E-state index contributed by atoms with van der Waals surface area (Å²) < 4.78 is 5.71. The normalized spacial score (nSPS) is 11.4. The number of carbonyl (C=O) groups excluding carboxylic acids is 2. The number of hydrogen-bond acceptors (Lipinski definition) is 6. The quantitative estimate of drug-likeness (QED) is 0.454. The first-order valence-electron chi connectivity index (χ1n) is 8.05. The van der Waals surface area contributed by atoms with E-state index in [-0.39, 0.29) is 16.6 Å². The number of amides is 1. The highest BCUT2D eigenvalue weighted by molar-refractivity contribution is 6.60. The van der Waals surface area contributed by atoms with Crippen molar-refractivity contribution >= 4 is 47.5 Å². The number of nitrogens with zero attached hydrogens (tertiary/aromatic N) is 1. The van der Waals surface area contributed by atoms with Crippen LogP contribution in [0.3, 0.4) is 0 Å². The SMILES string of the molecule is CC(C)(NC(=O)c1ccc(B(O)O)c(C=O)c1)c1nc2cc(Cl)ccc2o1. The summed E-state index contributed by atoms with van der Waals surface area (Å²) in [5.74, 6) is -0.173. The molecule has 7 nitrogen and oxygen atoms in total. The Bertz CT molecular complexity index is 1030. The van der Waals surface area contributed by atoms with Crippen molar-refractivity contribution in [3.63, 3.8) is 0 Å². The number of fused-ring (bicyclic) bond motifs is 1. The number of rotatable bonds is 5. The van der Waals surface area contributed by atoms with Gasteiger partial charge in [0.05, 0.1) is 0 Å². The van der Waals surface area contributed by atoms with Crippen molar-refractivity contribution in [3.8, 4) is 0 Å². The van der Waals surface area contributed by atoms with Crippen molar-refractivity contribution in [2.24, 2.45) is 0 Å². The van der Waals surface area contributed by atoms with E-state index in [0.29, 0.717) is 28.3 Å². The molecule has 1 amide bonds. The van der Waals surface area contributed by atoms with Gasteiger partial charge in [0, 0.05) is 16.1 Å². The number of aldehydes is 1. The van der Waals surface area contributed by atoms with Gasteiger partial charge in [-0.1, -0.05) is 17.7 Å². The zero-order valence-electron chi connectivity index (χ0n) is 14.6. The molecule has 0 aliphatic rings. The van der Waals surface area contributed by atoms with E-state index in [1.165, 1.54) is 18.2 Å². The Balaban J connectivity index is 1.88. The highest BCUT2D eigenvalue weighted by Crippen LogP contribution is 2.26. The largest absolute Gasteiger partial charge is 0.489 e. The Kier molecular flexibility index (Phi) is 5.06. The van der Waals surface area contributed by atoms with Crippen LogP contribution in [-0.2, 0) is 5.54 Å². The summed E-state index contributed by atoms with van der Waals surface area (Å²) in [6, 6.07) is 9.05. The molecule has 0 fully saturated rings. The first-order chi connectivity index (χ1) is 12.7. The Morgan fingerprint density at radius 1 is 1.26 bits per heavy atom. The molecule has 3 N–H and O–H groups in total. The molecule has 0 radical (unpaired) electrons. The highest BCUT2D eigenvalue weighted by Gasteiger charge is 2.29. The molecule has 0 bridgehead atoms. The van der Waals surface area contributed by atoms with Gasteiger partial charge < -0.3 is 19.8 Å². The molecule has 0 spiro atoms. The van der Waals surface area contributed by atoms with Crippen LogP contribution < -0.4 is 10.8 Å². The van der Waals surface area contributed by atoms with Crippen LogP contribution in [0.5, 0.6) is 0 Å². The van der Waals surface area contributed by atoms with E-state index < -0.39 is 18.6 Å². The second-order valence-corrected chi connectivity index (χ2v) is 6.98. The Hall–Kier alpha value is -2.68. The number of hydrogen-bond donors (Lipinski definition) is 3. The van der Waals surface area contributed by atoms with Gasteiger partial charge in [0.25, 0.3) is 5.91 Å². The van der Waals surface area contributed by atoms with Crippen LogP contribution in [-0.4, -0.2) is 34.3 Å². The molecule has 0 unspecified atom stereocenters. The van der Waals surface area contributed by atoms with Crippen molar-refractivity contribution < 1.29 is 24.1 Å². The summed E-state index contributed by atoms with van der Waals surface area (Å²) in [6.07, 6.45) is 0.460. The summed E-state index contributed by atoms with van der Waals surface area (Å²) in [5.41, 5.74) is 0.405. The number of oxazole rings is 1.